The van der Waals surface area contributed by atoms with Gasteiger partial charge in [-0.3, -0.25) is 9.48 Å². The molecule has 1 saturated heterocycles. The molecule has 10 heteroatoms. The largest absolute Gasteiger partial charge is 0.468 e. The number of esters is 1. The van der Waals surface area contributed by atoms with Gasteiger partial charge in [0, 0.05) is 34.6 Å². The van der Waals surface area contributed by atoms with E-state index in [2.05, 4.69) is 12.0 Å². The molecule has 0 N–H and O–H groups in total. The maximum atomic E-state index is 13.5. The van der Waals surface area contributed by atoms with E-state index in [-0.39, 0.29) is 41.9 Å². The van der Waals surface area contributed by atoms with Crippen molar-refractivity contribution in [2.75, 3.05) is 30.1 Å². The fraction of sp³-hybridized carbons (Fsp3) is 0.360. The molecule has 0 unspecified atom stereocenters. The van der Waals surface area contributed by atoms with Crippen LogP contribution >= 0.6 is 0 Å². The maximum Gasteiger partial charge on any atom is 0.325 e. The number of hydrogen-bond donors (Lipinski definition) is 0. The Kier molecular flexibility index (Phi) is 6.00. The van der Waals surface area contributed by atoms with Crippen LogP contribution in [-0.2, 0) is 25.8 Å². The molecule has 184 valence electrons. The molecule has 2 aromatic carbocycles. The summed E-state index contributed by atoms with van der Waals surface area (Å²) in [5.41, 5.74) is 3.39. The maximum absolute atomic E-state index is 13.5. The number of halogens is 1. The number of hydrogen-bond acceptors (Lipinski definition) is 7. The van der Waals surface area contributed by atoms with E-state index in [4.69, 9.17) is 9.47 Å². The van der Waals surface area contributed by atoms with Crippen LogP contribution in [0.4, 0.5) is 10.1 Å². The summed E-state index contributed by atoms with van der Waals surface area (Å²) in [6, 6.07) is 9.65. The second-order valence-corrected chi connectivity index (χ2v) is 11.2. The van der Waals surface area contributed by atoms with Crippen molar-refractivity contribution in [2.45, 2.75) is 31.8 Å². The van der Waals surface area contributed by atoms with Crippen molar-refractivity contribution < 1.29 is 27.1 Å². The molecule has 3 heterocycles. The fourth-order valence-corrected chi connectivity index (χ4v) is 6.03. The van der Waals surface area contributed by atoms with Crippen molar-refractivity contribution in [1.82, 2.24) is 9.78 Å². The lowest BCUT2D eigenvalue weighted by Crippen LogP contribution is -2.41. The zero-order valence-corrected chi connectivity index (χ0v) is 20.3. The predicted molar refractivity (Wildman–Crippen MR) is 129 cm³/mol. The minimum absolute atomic E-state index is 0.0810. The van der Waals surface area contributed by atoms with Gasteiger partial charge in [0.1, 0.15) is 23.9 Å². The second-order valence-electron chi connectivity index (χ2n) is 9.03. The number of carbonyl (C=O) groups is 1. The molecule has 8 nitrogen and oxygen atoms in total. The number of sulfone groups is 1. The number of carbonyl (C=O) groups excluding carboxylic acids is 1. The van der Waals surface area contributed by atoms with Gasteiger partial charge in [0.15, 0.2) is 9.84 Å². The Labute approximate surface area is 203 Å². The van der Waals surface area contributed by atoms with Crippen molar-refractivity contribution in [1.29, 1.82) is 0 Å². The minimum atomic E-state index is -2.98. The van der Waals surface area contributed by atoms with Crippen molar-refractivity contribution in [2.24, 2.45) is 0 Å². The summed E-state index contributed by atoms with van der Waals surface area (Å²) >= 11 is 0. The molecule has 0 saturated carbocycles. The van der Waals surface area contributed by atoms with Gasteiger partial charge in [-0.2, -0.15) is 5.10 Å². The molecule has 5 rings (SSSR count). The van der Waals surface area contributed by atoms with Crippen LogP contribution < -0.4 is 9.64 Å². The second kappa shape index (κ2) is 8.99. The van der Waals surface area contributed by atoms with Crippen LogP contribution in [0, 0.1) is 5.82 Å². The first-order valence-corrected chi connectivity index (χ1v) is 13.2. The summed E-state index contributed by atoms with van der Waals surface area (Å²) in [6.45, 7) is 2.19. The molecular weight excluding hydrogens is 473 g/mol. The third kappa shape index (κ3) is 4.62. The summed E-state index contributed by atoms with van der Waals surface area (Å²) in [5, 5.41) is 4.40. The molecule has 1 fully saturated rings. The monoisotopic (exact) mass is 499 g/mol. The Bertz CT molecular complexity index is 1360. The summed E-state index contributed by atoms with van der Waals surface area (Å²) < 4.78 is 49.7. The first kappa shape index (κ1) is 23.3. The van der Waals surface area contributed by atoms with Crippen LogP contribution in [0.3, 0.4) is 0 Å². The van der Waals surface area contributed by atoms with E-state index in [1.165, 1.54) is 19.2 Å². The Morgan fingerprint density at radius 2 is 1.91 bits per heavy atom. The highest BCUT2D eigenvalue weighted by molar-refractivity contribution is 7.92. The highest BCUT2D eigenvalue weighted by Gasteiger charge is 2.35. The Morgan fingerprint density at radius 3 is 2.60 bits per heavy atom. The lowest BCUT2D eigenvalue weighted by Gasteiger charge is -2.37. The Morgan fingerprint density at radius 1 is 1.17 bits per heavy atom. The Hall–Kier alpha value is -3.40. The lowest BCUT2D eigenvalue weighted by atomic mass is 9.92. The third-order valence-electron chi connectivity index (χ3n) is 6.63. The van der Waals surface area contributed by atoms with Crippen molar-refractivity contribution in [3.8, 4) is 22.6 Å². The average molecular weight is 500 g/mol. The molecule has 35 heavy (non-hydrogen) atoms. The number of anilines is 1. The standard InChI is InChI=1S/C25H26FN3O5S/c1-16-3-8-22-23(28(16)13-24(30)33-2)10-9-21(25(22)34-20-6-4-18(26)5-7-20)17-11-27-29(12-17)19-14-35(31,32)15-19/h4-7,9-12,16,19H,3,8,13-15H2,1-2H3/t16-/m0/s1. The number of methoxy groups -OCH3 is 1. The first-order valence-electron chi connectivity index (χ1n) is 11.4. The van der Waals surface area contributed by atoms with E-state index < -0.39 is 9.84 Å². The first-order chi connectivity index (χ1) is 16.7. The molecule has 0 amide bonds. The number of ether oxygens (including phenoxy) is 2. The number of benzene rings is 2. The van der Waals surface area contributed by atoms with E-state index in [1.54, 1.807) is 23.0 Å². The van der Waals surface area contributed by atoms with Gasteiger partial charge in [-0.15, -0.1) is 0 Å². The molecule has 0 radical (unpaired) electrons. The topological polar surface area (TPSA) is 90.7 Å². The average Bonchev–Trinajstić information content (AvgIpc) is 3.30. The van der Waals surface area contributed by atoms with Gasteiger partial charge in [-0.25, -0.2) is 12.8 Å². The van der Waals surface area contributed by atoms with Crippen LogP contribution in [0.2, 0.25) is 0 Å². The molecule has 3 aromatic rings. The molecule has 0 spiro atoms. The smallest absolute Gasteiger partial charge is 0.325 e. The van der Waals surface area contributed by atoms with Crippen LogP contribution in [0.15, 0.2) is 48.8 Å². The third-order valence-corrected chi connectivity index (χ3v) is 8.41. The van der Waals surface area contributed by atoms with Crippen LogP contribution in [0.5, 0.6) is 11.5 Å². The minimum Gasteiger partial charge on any atom is -0.468 e. The zero-order chi connectivity index (χ0) is 24.7. The lowest BCUT2D eigenvalue weighted by molar-refractivity contribution is -0.139. The molecule has 2 aliphatic heterocycles. The van der Waals surface area contributed by atoms with Gasteiger partial charge < -0.3 is 14.4 Å². The van der Waals surface area contributed by atoms with Crippen LogP contribution in [0.1, 0.15) is 24.9 Å². The van der Waals surface area contributed by atoms with E-state index in [9.17, 15) is 17.6 Å². The van der Waals surface area contributed by atoms with E-state index in [0.29, 0.717) is 11.5 Å². The summed E-state index contributed by atoms with van der Waals surface area (Å²) in [4.78, 5) is 14.1. The van der Waals surface area contributed by atoms with E-state index >= 15 is 0 Å². The summed E-state index contributed by atoms with van der Waals surface area (Å²) in [7, 11) is -1.61. The van der Waals surface area contributed by atoms with Crippen molar-refractivity contribution in [3.63, 3.8) is 0 Å². The van der Waals surface area contributed by atoms with Gasteiger partial charge in [0.05, 0.1) is 30.9 Å². The molecule has 1 aromatic heterocycles. The predicted octanol–water partition coefficient (Wildman–Crippen LogP) is 3.77. The van der Waals surface area contributed by atoms with Gasteiger partial charge in [-0.1, -0.05) is 0 Å². The van der Waals surface area contributed by atoms with Crippen LogP contribution in [0.25, 0.3) is 11.1 Å². The number of fused-ring (bicyclic) bond motifs is 1. The molecule has 0 aliphatic carbocycles. The molecular formula is C25H26FN3O5S. The summed E-state index contributed by atoms with van der Waals surface area (Å²) in [6.07, 6.45) is 5.07. The molecule has 0 bridgehead atoms. The molecule has 1 atom stereocenters. The van der Waals surface area contributed by atoms with Crippen molar-refractivity contribution >= 4 is 21.5 Å². The van der Waals surface area contributed by atoms with E-state index in [0.717, 1.165) is 35.2 Å². The van der Waals surface area contributed by atoms with Gasteiger partial charge in [-0.05, 0) is 56.2 Å². The number of aromatic nitrogens is 2. The number of rotatable bonds is 6. The van der Waals surface area contributed by atoms with Crippen molar-refractivity contribution in [3.05, 3.63) is 60.2 Å². The number of nitrogens with zero attached hydrogens (tertiary/aromatic N) is 3. The normalized spacial score (nSPS) is 19.1. The van der Waals surface area contributed by atoms with Crippen LogP contribution in [-0.4, -0.2) is 55.4 Å². The SMILES string of the molecule is COC(=O)CN1c2ccc(-c3cnn(C4CS(=O)(=O)C4)c3)c(Oc3ccc(F)cc3)c2CC[C@@H]1C. The van der Waals surface area contributed by atoms with Gasteiger partial charge in [0.25, 0.3) is 0 Å². The highest BCUT2D eigenvalue weighted by Crippen LogP contribution is 2.44. The highest BCUT2D eigenvalue weighted by atomic mass is 32.2. The van der Waals surface area contributed by atoms with Gasteiger partial charge >= 0.3 is 5.97 Å². The summed E-state index contributed by atoms with van der Waals surface area (Å²) in [5.74, 6) is 0.567. The van der Waals surface area contributed by atoms with Gasteiger partial charge in [0.2, 0.25) is 0 Å². The zero-order valence-electron chi connectivity index (χ0n) is 19.5. The Balaban J connectivity index is 1.57. The molecule has 2 aliphatic rings. The van der Waals surface area contributed by atoms with E-state index in [1.807, 2.05) is 23.2 Å². The fourth-order valence-electron chi connectivity index (χ4n) is 4.65. The quantitative estimate of drug-likeness (QED) is 0.477.